The summed E-state index contributed by atoms with van der Waals surface area (Å²) in [5.41, 5.74) is 0.946. The van der Waals surface area contributed by atoms with E-state index in [0.29, 0.717) is 39.2 Å². The van der Waals surface area contributed by atoms with Crippen LogP contribution in [0.5, 0.6) is 0 Å². The van der Waals surface area contributed by atoms with E-state index in [9.17, 15) is 18.0 Å². The molecular weight excluding hydrogens is 593 g/mol. The summed E-state index contributed by atoms with van der Waals surface area (Å²) >= 11 is 18.3. The summed E-state index contributed by atoms with van der Waals surface area (Å²) in [6.45, 7) is 5.11. The molecule has 0 fully saturated rings. The average Bonchev–Trinajstić information content (AvgIpc) is 2.93. The van der Waals surface area contributed by atoms with Crippen LogP contribution >= 0.6 is 34.8 Å². The van der Waals surface area contributed by atoms with Crippen LogP contribution in [0.4, 0.5) is 5.69 Å². The molecule has 7 nitrogen and oxygen atoms in total. The van der Waals surface area contributed by atoms with Gasteiger partial charge in [-0.05, 0) is 73.9 Å². The van der Waals surface area contributed by atoms with Crippen molar-refractivity contribution in [2.75, 3.05) is 10.8 Å². The van der Waals surface area contributed by atoms with E-state index >= 15 is 0 Å². The number of sulfonamides is 1. The molecule has 11 heteroatoms. The van der Waals surface area contributed by atoms with Crippen molar-refractivity contribution in [1.29, 1.82) is 0 Å². The monoisotopic (exact) mass is 623 g/mol. The van der Waals surface area contributed by atoms with Crippen LogP contribution < -0.4 is 9.62 Å². The number of anilines is 1. The molecule has 0 heterocycles. The molecule has 3 aromatic carbocycles. The van der Waals surface area contributed by atoms with Gasteiger partial charge < -0.3 is 10.2 Å². The number of rotatable bonds is 12. The zero-order valence-corrected chi connectivity index (χ0v) is 25.6. The Labute approximate surface area is 251 Å². The number of hydrogen-bond donors (Lipinski definition) is 1. The van der Waals surface area contributed by atoms with Gasteiger partial charge >= 0.3 is 0 Å². The van der Waals surface area contributed by atoms with Crippen molar-refractivity contribution in [1.82, 2.24) is 10.2 Å². The van der Waals surface area contributed by atoms with Crippen LogP contribution in [0.2, 0.25) is 15.1 Å². The number of carbonyl (C=O) groups excluding carboxylic acids is 2. The van der Waals surface area contributed by atoms with Gasteiger partial charge in [0, 0.05) is 17.6 Å². The van der Waals surface area contributed by atoms with Crippen molar-refractivity contribution in [2.45, 2.75) is 57.1 Å². The Kier molecular flexibility index (Phi) is 11.3. The first-order valence-electron chi connectivity index (χ1n) is 12.8. The molecule has 0 radical (unpaired) electrons. The van der Waals surface area contributed by atoms with E-state index in [-0.39, 0.29) is 23.4 Å². The lowest BCUT2D eigenvalue weighted by atomic mass is 10.1. The fraction of sp³-hybridized carbons (Fsp3) is 0.310. The van der Waals surface area contributed by atoms with E-state index in [1.54, 1.807) is 55.5 Å². The predicted molar refractivity (Wildman–Crippen MR) is 161 cm³/mol. The molecule has 0 aliphatic carbocycles. The van der Waals surface area contributed by atoms with Gasteiger partial charge in [0.25, 0.3) is 10.0 Å². The van der Waals surface area contributed by atoms with E-state index < -0.39 is 28.5 Å². The van der Waals surface area contributed by atoms with Gasteiger partial charge in [0.1, 0.15) is 12.6 Å². The molecule has 3 rings (SSSR count). The molecule has 2 atom stereocenters. The van der Waals surface area contributed by atoms with Crippen molar-refractivity contribution in [2.24, 2.45) is 0 Å². The van der Waals surface area contributed by atoms with Gasteiger partial charge in [-0.2, -0.15) is 0 Å². The van der Waals surface area contributed by atoms with Gasteiger partial charge in [-0.3, -0.25) is 13.9 Å². The minimum absolute atomic E-state index is 0.0196. The number of amides is 2. The second-order valence-electron chi connectivity index (χ2n) is 9.31. The lowest BCUT2D eigenvalue weighted by Crippen LogP contribution is -2.53. The third kappa shape index (κ3) is 7.91. The van der Waals surface area contributed by atoms with Gasteiger partial charge in [0.2, 0.25) is 11.8 Å². The van der Waals surface area contributed by atoms with Crippen molar-refractivity contribution >= 4 is 62.3 Å². The van der Waals surface area contributed by atoms with Crippen molar-refractivity contribution < 1.29 is 18.0 Å². The molecular formula is C29H32Cl3N3O4S. The van der Waals surface area contributed by atoms with E-state index in [1.807, 2.05) is 13.8 Å². The first-order valence-corrected chi connectivity index (χ1v) is 15.4. The smallest absolute Gasteiger partial charge is 0.264 e. The number of carbonyl (C=O) groups is 2. The van der Waals surface area contributed by atoms with Crippen LogP contribution in [0.25, 0.3) is 0 Å². The molecule has 0 aliphatic heterocycles. The Morgan fingerprint density at radius 2 is 1.52 bits per heavy atom. The highest BCUT2D eigenvalue weighted by Gasteiger charge is 2.34. The first kappa shape index (κ1) is 31.7. The highest BCUT2D eigenvalue weighted by Crippen LogP contribution is 2.27. The number of benzene rings is 3. The summed E-state index contributed by atoms with van der Waals surface area (Å²) in [6, 6.07) is 18.1. The topological polar surface area (TPSA) is 86.8 Å². The number of nitrogens with zero attached hydrogens (tertiary/aromatic N) is 2. The molecule has 0 bridgehead atoms. The number of nitrogens with one attached hydrogen (secondary N) is 1. The average molecular weight is 625 g/mol. The molecule has 2 amide bonds. The molecule has 0 spiro atoms. The Morgan fingerprint density at radius 1 is 0.875 bits per heavy atom. The lowest BCUT2D eigenvalue weighted by molar-refractivity contribution is -0.140. The Hall–Kier alpha value is -2.78. The van der Waals surface area contributed by atoms with E-state index in [1.165, 1.54) is 29.2 Å². The number of para-hydroxylation sites is 1. The van der Waals surface area contributed by atoms with Crippen LogP contribution in [0.15, 0.2) is 77.7 Å². The predicted octanol–water partition coefficient (Wildman–Crippen LogP) is 6.56. The van der Waals surface area contributed by atoms with Crippen LogP contribution in [0, 0.1) is 0 Å². The normalized spacial score (nSPS) is 12.8. The van der Waals surface area contributed by atoms with Gasteiger partial charge in [0.05, 0.1) is 20.6 Å². The number of halogens is 3. The molecule has 0 unspecified atom stereocenters. The lowest BCUT2D eigenvalue weighted by Gasteiger charge is -2.33. The summed E-state index contributed by atoms with van der Waals surface area (Å²) in [5.74, 6) is -0.879. The van der Waals surface area contributed by atoms with Crippen molar-refractivity contribution in [3.63, 3.8) is 0 Å². The molecule has 0 saturated carbocycles. The summed E-state index contributed by atoms with van der Waals surface area (Å²) in [7, 11) is -4.17. The van der Waals surface area contributed by atoms with E-state index in [4.69, 9.17) is 34.8 Å². The van der Waals surface area contributed by atoms with Crippen LogP contribution in [-0.4, -0.2) is 43.8 Å². The maximum Gasteiger partial charge on any atom is 0.264 e. The zero-order chi connectivity index (χ0) is 29.4. The number of hydrogen-bond acceptors (Lipinski definition) is 4. The second-order valence-corrected chi connectivity index (χ2v) is 12.4. The molecule has 214 valence electrons. The molecule has 0 saturated heterocycles. The Balaban J connectivity index is 2.05. The third-order valence-electron chi connectivity index (χ3n) is 6.45. The van der Waals surface area contributed by atoms with Gasteiger partial charge in [-0.25, -0.2) is 8.42 Å². The highest BCUT2D eigenvalue weighted by atomic mass is 35.5. The minimum atomic E-state index is -4.17. The first-order chi connectivity index (χ1) is 19.0. The van der Waals surface area contributed by atoms with Crippen molar-refractivity contribution in [3.05, 3.63) is 93.4 Å². The molecule has 3 aromatic rings. The van der Waals surface area contributed by atoms with Gasteiger partial charge in [-0.15, -0.1) is 0 Å². The summed E-state index contributed by atoms with van der Waals surface area (Å²) in [6.07, 6.45) is 1.02. The fourth-order valence-electron chi connectivity index (χ4n) is 4.05. The zero-order valence-electron chi connectivity index (χ0n) is 22.5. The second kappa shape index (κ2) is 14.2. The van der Waals surface area contributed by atoms with E-state index in [0.717, 1.165) is 4.31 Å². The fourth-order valence-corrected chi connectivity index (χ4v) is 5.91. The summed E-state index contributed by atoms with van der Waals surface area (Å²) in [5, 5.41) is 3.99. The summed E-state index contributed by atoms with van der Waals surface area (Å²) in [4.78, 5) is 28.7. The maximum absolute atomic E-state index is 14.0. The van der Waals surface area contributed by atoms with Gasteiger partial charge in [-0.1, -0.05) is 72.9 Å². The van der Waals surface area contributed by atoms with Crippen LogP contribution in [-0.2, 0) is 26.2 Å². The minimum Gasteiger partial charge on any atom is -0.352 e. The Bertz CT molecular complexity index is 1420. The van der Waals surface area contributed by atoms with Crippen molar-refractivity contribution in [3.8, 4) is 0 Å². The van der Waals surface area contributed by atoms with Gasteiger partial charge in [0.15, 0.2) is 0 Å². The quantitative estimate of drug-likeness (QED) is 0.247. The summed E-state index contributed by atoms with van der Waals surface area (Å²) < 4.78 is 28.6. The molecule has 0 aromatic heterocycles. The third-order valence-corrected chi connectivity index (χ3v) is 9.23. The maximum atomic E-state index is 14.0. The van der Waals surface area contributed by atoms with Crippen LogP contribution in [0.1, 0.15) is 39.2 Å². The van der Waals surface area contributed by atoms with Crippen LogP contribution in [0.3, 0.4) is 0 Å². The molecule has 0 aliphatic rings. The van der Waals surface area contributed by atoms with E-state index in [2.05, 4.69) is 5.32 Å². The standard InChI is InChI=1S/C29H32Cl3N3O4S/c1-4-20(3)33-29(37)27(5-2)34(18-21-11-16-25(31)26(32)17-21)28(36)19-35(23-9-7-6-8-10-23)40(38,39)24-14-12-22(30)13-15-24/h6-17,20,27H,4-5,18-19H2,1-3H3,(H,33,37)/t20-,27-/m0/s1. The largest absolute Gasteiger partial charge is 0.352 e. The highest BCUT2D eigenvalue weighted by molar-refractivity contribution is 7.92. The molecule has 1 N–H and O–H groups in total. The molecule has 40 heavy (non-hydrogen) atoms. The Morgan fingerprint density at radius 3 is 2.10 bits per heavy atom. The SMILES string of the molecule is CC[C@H](C)NC(=O)[C@H](CC)N(Cc1ccc(Cl)c(Cl)c1)C(=O)CN(c1ccccc1)S(=O)(=O)c1ccc(Cl)cc1.